The van der Waals surface area contributed by atoms with Gasteiger partial charge in [0.05, 0.1) is 12.3 Å². The van der Waals surface area contributed by atoms with Gasteiger partial charge in [0.1, 0.15) is 5.82 Å². The molecule has 12 heavy (non-hydrogen) atoms. The number of nitrogens with zero attached hydrogens (tertiary/aromatic N) is 2. The Morgan fingerprint density at radius 2 is 2.58 bits per heavy atom. The molecule has 0 saturated heterocycles. The number of imidazole rings is 1. The summed E-state index contributed by atoms with van der Waals surface area (Å²) in [7, 11) is 0. The van der Waals surface area contributed by atoms with E-state index in [1.807, 2.05) is 6.20 Å². The van der Waals surface area contributed by atoms with Crippen LogP contribution >= 0.6 is 0 Å². The molecule has 3 nitrogen and oxygen atoms in total. The molecule has 0 bridgehead atoms. The first-order valence-corrected chi connectivity index (χ1v) is 4.45. The third kappa shape index (κ3) is 1.25. The molecular weight excluding hydrogens is 152 g/mol. The van der Waals surface area contributed by atoms with E-state index in [2.05, 4.69) is 16.5 Å². The fourth-order valence-electron chi connectivity index (χ4n) is 1.72. The minimum absolute atomic E-state index is 0.0639. The second-order valence-electron chi connectivity index (χ2n) is 3.60. The zero-order valence-electron chi connectivity index (χ0n) is 7.32. The average molecular weight is 166 g/mol. The van der Waals surface area contributed by atoms with Crippen molar-refractivity contribution in [3.63, 3.8) is 0 Å². The molecule has 0 amide bonds. The van der Waals surface area contributed by atoms with Gasteiger partial charge < -0.3 is 9.67 Å². The molecule has 1 N–H and O–H groups in total. The quantitative estimate of drug-likeness (QED) is 0.674. The number of aliphatic hydroxyl groups is 1. The molecule has 66 valence electrons. The maximum Gasteiger partial charge on any atom is 0.109 e. The van der Waals surface area contributed by atoms with Gasteiger partial charge in [0.15, 0.2) is 0 Å². The molecule has 2 rings (SSSR count). The van der Waals surface area contributed by atoms with Crippen molar-refractivity contribution in [3.8, 4) is 0 Å². The van der Waals surface area contributed by atoms with Gasteiger partial charge >= 0.3 is 0 Å². The molecule has 1 aromatic heterocycles. The fourth-order valence-corrected chi connectivity index (χ4v) is 1.72. The van der Waals surface area contributed by atoms with E-state index in [-0.39, 0.29) is 6.61 Å². The van der Waals surface area contributed by atoms with Gasteiger partial charge in [-0.25, -0.2) is 4.98 Å². The molecule has 0 fully saturated rings. The number of hydrogen-bond acceptors (Lipinski definition) is 2. The van der Waals surface area contributed by atoms with Gasteiger partial charge in [-0.15, -0.1) is 0 Å². The van der Waals surface area contributed by atoms with Gasteiger partial charge in [0.25, 0.3) is 0 Å². The monoisotopic (exact) mass is 166 g/mol. The molecule has 0 saturated carbocycles. The molecule has 1 aromatic rings. The van der Waals surface area contributed by atoms with Gasteiger partial charge in [-0.3, -0.25) is 0 Å². The second kappa shape index (κ2) is 2.90. The van der Waals surface area contributed by atoms with Crippen LogP contribution in [0, 0.1) is 5.92 Å². The van der Waals surface area contributed by atoms with E-state index in [1.54, 1.807) is 0 Å². The first kappa shape index (κ1) is 7.80. The lowest BCUT2D eigenvalue weighted by Gasteiger charge is -2.18. The highest BCUT2D eigenvalue weighted by molar-refractivity contribution is 5.05. The van der Waals surface area contributed by atoms with Gasteiger partial charge in [0.2, 0.25) is 0 Å². The molecule has 3 heteroatoms. The van der Waals surface area contributed by atoms with Crippen LogP contribution in [0.15, 0.2) is 6.20 Å². The Kier molecular flexibility index (Phi) is 1.89. The zero-order valence-corrected chi connectivity index (χ0v) is 7.32. The summed E-state index contributed by atoms with van der Waals surface area (Å²) in [6, 6.07) is 0. The van der Waals surface area contributed by atoms with Crippen molar-refractivity contribution in [1.82, 2.24) is 9.55 Å². The van der Waals surface area contributed by atoms with Crippen molar-refractivity contribution in [1.29, 1.82) is 0 Å². The topological polar surface area (TPSA) is 38.0 Å². The molecule has 0 radical (unpaired) electrons. The average Bonchev–Trinajstić information content (AvgIpc) is 2.46. The van der Waals surface area contributed by atoms with Crippen LogP contribution in [0.25, 0.3) is 0 Å². The summed E-state index contributed by atoms with van der Waals surface area (Å²) in [4.78, 5) is 4.33. The lowest BCUT2D eigenvalue weighted by Crippen LogP contribution is -2.16. The third-order valence-corrected chi connectivity index (χ3v) is 2.46. The largest absolute Gasteiger partial charge is 0.390 e. The number of aliphatic hydroxyl groups excluding tert-OH is 1. The first-order valence-electron chi connectivity index (χ1n) is 4.45. The molecule has 1 aliphatic heterocycles. The molecule has 2 heterocycles. The van der Waals surface area contributed by atoms with Crippen molar-refractivity contribution in [2.45, 2.75) is 32.9 Å². The summed E-state index contributed by atoms with van der Waals surface area (Å²) in [6.45, 7) is 3.37. The summed E-state index contributed by atoms with van der Waals surface area (Å²) >= 11 is 0. The molecule has 0 aliphatic carbocycles. The molecule has 1 unspecified atom stereocenters. The smallest absolute Gasteiger partial charge is 0.109 e. The normalized spacial score (nSPS) is 22.3. The van der Waals surface area contributed by atoms with Crippen LogP contribution in [-0.4, -0.2) is 14.7 Å². The van der Waals surface area contributed by atoms with Crippen LogP contribution in [0.5, 0.6) is 0 Å². The first-order chi connectivity index (χ1) is 5.79. The maximum absolute atomic E-state index is 8.88. The minimum Gasteiger partial charge on any atom is -0.390 e. The van der Waals surface area contributed by atoms with Crippen LogP contribution in [0.3, 0.4) is 0 Å². The second-order valence-corrected chi connectivity index (χ2v) is 3.60. The highest BCUT2D eigenvalue weighted by Gasteiger charge is 2.16. The Hall–Kier alpha value is -0.830. The highest BCUT2D eigenvalue weighted by Crippen LogP contribution is 2.19. The Morgan fingerprint density at radius 3 is 3.33 bits per heavy atom. The van der Waals surface area contributed by atoms with Gasteiger partial charge in [-0.05, 0) is 12.3 Å². The molecular formula is C9H14N2O. The third-order valence-electron chi connectivity index (χ3n) is 2.46. The van der Waals surface area contributed by atoms with E-state index in [0.717, 1.165) is 30.4 Å². The number of rotatable bonds is 1. The zero-order chi connectivity index (χ0) is 8.55. The van der Waals surface area contributed by atoms with Crippen molar-refractivity contribution in [2.24, 2.45) is 5.92 Å². The van der Waals surface area contributed by atoms with E-state index >= 15 is 0 Å². The summed E-state index contributed by atoms with van der Waals surface area (Å²) in [5.41, 5.74) is 0.805. The summed E-state index contributed by atoms with van der Waals surface area (Å²) < 4.78 is 2.16. The Balaban J connectivity index is 2.28. The van der Waals surface area contributed by atoms with E-state index in [1.165, 1.54) is 6.42 Å². The predicted molar refractivity (Wildman–Crippen MR) is 45.6 cm³/mol. The lowest BCUT2D eigenvalue weighted by atomic mass is 10.0. The maximum atomic E-state index is 8.88. The van der Waals surface area contributed by atoms with E-state index in [9.17, 15) is 0 Å². The highest BCUT2D eigenvalue weighted by atomic mass is 16.3. The van der Waals surface area contributed by atoms with Crippen molar-refractivity contribution in [2.75, 3.05) is 0 Å². The number of fused-ring (bicyclic) bond motifs is 1. The van der Waals surface area contributed by atoms with E-state index in [0.29, 0.717) is 0 Å². The summed E-state index contributed by atoms with van der Waals surface area (Å²) in [6.07, 6.45) is 4.25. The minimum atomic E-state index is 0.0639. The van der Waals surface area contributed by atoms with Crippen molar-refractivity contribution in [3.05, 3.63) is 17.7 Å². The number of aromatic nitrogens is 2. The molecule has 1 aliphatic rings. The van der Waals surface area contributed by atoms with Gasteiger partial charge in [-0.2, -0.15) is 0 Å². The fraction of sp³-hybridized carbons (Fsp3) is 0.667. The Labute approximate surface area is 72.0 Å². The van der Waals surface area contributed by atoms with Gasteiger partial charge in [0, 0.05) is 19.2 Å². The molecule has 0 spiro atoms. The van der Waals surface area contributed by atoms with E-state index < -0.39 is 0 Å². The van der Waals surface area contributed by atoms with Crippen LogP contribution in [0.2, 0.25) is 0 Å². The van der Waals surface area contributed by atoms with Gasteiger partial charge in [-0.1, -0.05) is 6.92 Å². The Bertz CT molecular complexity index is 280. The molecule has 0 aromatic carbocycles. The Morgan fingerprint density at radius 1 is 1.75 bits per heavy atom. The van der Waals surface area contributed by atoms with Crippen molar-refractivity contribution < 1.29 is 5.11 Å². The van der Waals surface area contributed by atoms with Crippen LogP contribution in [0.4, 0.5) is 0 Å². The standard InChI is InChI=1S/C9H14N2O/c1-7-2-3-11-5-8(6-12)10-9(11)4-7/h5,7,12H,2-4,6H2,1H3. The van der Waals surface area contributed by atoms with Crippen LogP contribution < -0.4 is 0 Å². The van der Waals surface area contributed by atoms with Crippen LogP contribution in [0.1, 0.15) is 24.9 Å². The van der Waals surface area contributed by atoms with Crippen molar-refractivity contribution >= 4 is 0 Å². The number of aryl methyl sites for hydroxylation is 1. The lowest BCUT2D eigenvalue weighted by molar-refractivity contribution is 0.277. The summed E-state index contributed by atoms with van der Waals surface area (Å²) in [5, 5.41) is 8.88. The number of hydrogen-bond donors (Lipinski definition) is 1. The summed E-state index contributed by atoms with van der Waals surface area (Å²) in [5.74, 6) is 1.88. The SMILES string of the molecule is CC1CCn2cc(CO)nc2C1. The molecule has 1 atom stereocenters. The predicted octanol–water partition coefficient (Wildman–Crippen LogP) is 0.958. The van der Waals surface area contributed by atoms with E-state index in [4.69, 9.17) is 5.11 Å². The van der Waals surface area contributed by atoms with Crippen LogP contribution in [-0.2, 0) is 19.6 Å².